The zero-order chi connectivity index (χ0) is 19.5. The van der Waals surface area contributed by atoms with Crippen molar-refractivity contribution in [1.29, 1.82) is 0 Å². The zero-order valence-electron chi connectivity index (χ0n) is 17.6. The Bertz CT molecular complexity index is 566. The van der Waals surface area contributed by atoms with Crippen LogP contribution in [0.5, 0.6) is 5.75 Å². The fourth-order valence-corrected chi connectivity index (χ4v) is 3.82. The molecule has 6 heteroatoms. The molecule has 5 nitrogen and oxygen atoms in total. The highest BCUT2D eigenvalue weighted by molar-refractivity contribution is 5.85. The molecule has 0 bridgehead atoms. The van der Waals surface area contributed by atoms with Gasteiger partial charge < -0.3 is 9.47 Å². The molecule has 1 aromatic carbocycles. The first-order valence-corrected chi connectivity index (χ1v) is 10.6. The van der Waals surface area contributed by atoms with Crippen LogP contribution in [0.3, 0.4) is 0 Å². The average Bonchev–Trinajstić information content (AvgIpc) is 2.68. The molecule has 2 atom stereocenters. The number of amides is 1. The Morgan fingerprint density at radius 3 is 2.61 bits per heavy atom. The van der Waals surface area contributed by atoms with Gasteiger partial charge in [-0.2, -0.15) is 0 Å². The molecule has 0 unspecified atom stereocenters. The van der Waals surface area contributed by atoms with Crippen LogP contribution >= 0.6 is 12.4 Å². The molecule has 0 aromatic heterocycles. The lowest BCUT2D eigenvalue weighted by Gasteiger charge is -2.38. The van der Waals surface area contributed by atoms with Crippen molar-refractivity contribution in [1.82, 2.24) is 4.90 Å². The molecule has 2 rings (SSSR count). The summed E-state index contributed by atoms with van der Waals surface area (Å²) in [5.41, 5.74) is 0.711. The van der Waals surface area contributed by atoms with Crippen molar-refractivity contribution in [3.8, 4) is 5.75 Å². The summed E-state index contributed by atoms with van der Waals surface area (Å²) in [5, 5.41) is 2.87. The Labute approximate surface area is 176 Å². The van der Waals surface area contributed by atoms with Crippen molar-refractivity contribution < 1.29 is 14.3 Å². The second kappa shape index (κ2) is 13.7. The second-order valence-corrected chi connectivity index (χ2v) is 7.23. The lowest BCUT2D eigenvalue weighted by Crippen LogP contribution is -2.47. The molecule has 1 aromatic rings. The number of rotatable bonds is 10. The molecule has 0 spiro atoms. The lowest BCUT2D eigenvalue weighted by molar-refractivity contribution is 0.0125. The van der Waals surface area contributed by atoms with Gasteiger partial charge in [0.1, 0.15) is 11.9 Å². The first kappa shape index (κ1) is 24.6. The Balaban J connectivity index is 0.00000392. The minimum atomic E-state index is -0.373. The topological polar surface area (TPSA) is 50.8 Å². The van der Waals surface area contributed by atoms with Crippen LogP contribution in [0.25, 0.3) is 0 Å². The van der Waals surface area contributed by atoms with Crippen LogP contribution in [0.15, 0.2) is 24.3 Å². The maximum absolute atomic E-state index is 12.4. The van der Waals surface area contributed by atoms with E-state index in [-0.39, 0.29) is 24.6 Å². The molecule has 0 saturated heterocycles. The van der Waals surface area contributed by atoms with Crippen LogP contribution in [-0.2, 0) is 4.74 Å². The van der Waals surface area contributed by atoms with Gasteiger partial charge in [-0.05, 0) is 50.9 Å². The first-order valence-electron chi connectivity index (χ1n) is 10.6. The van der Waals surface area contributed by atoms with Gasteiger partial charge in [0.2, 0.25) is 0 Å². The summed E-state index contributed by atoms with van der Waals surface area (Å²) in [6.07, 6.45) is 7.35. The monoisotopic (exact) mass is 412 g/mol. The van der Waals surface area contributed by atoms with E-state index in [9.17, 15) is 4.79 Å². The van der Waals surface area contributed by atoms with E-state index >= 15 is 0 Å². The standard InChI is InChI=1S/C22H36N2O3.ClH/c1-4-7-10-16-26-19-13-11-12-18(17-19)23-22(25)27-21-15-9-8-14-20(21)24(5-2)6-3;/h11-13,17,20-21H,4-10,14-16H2,1-3H3,(H,23,25);1H/t20-,21-;/m0./s1. The molecule has 1 aliphatic rings. The number of hydrogen-bond donors (Lipinski definition) is 1. The third-order valence-electron chi connectivity index (χ3n) is 5.30. The smallest absolute Gasteiger partial charge is 0.411 e. The summed E-state index contributed by atoms with van der Waals surface area (Å²) in [6, 6.07) is 7.86. The fourth-order valence-electron chi connectivity index (χ4n) is 3.82. The van der Waals surface area contributed by atoms with Gasteiger partial charge in [-0.1, -0.05) is 46.1 Å². The van der Waals surface area contributed by atoms with Gasteiger partial charge in [-0.15, -0.1) is 12.4 Å². The third-order valence-corrected chi connectivity index (χ3v) is 5.30. The van der Waals surface area contributed by atoms with Gasteiger partial charge in [-0.25, -0.2) is 4.79 Å². The summed E-state index contributed by atoms with van der Waals surface area (Å²) in [5.74, 6) is 0.780. The van der Waals surface area contributed by atoms with E-state index in [2.05, 4.69) is 31.0 Å². The molecule has 1 aliphatic carbocycles. The van der Waals surface area contributed by atoms with E-state index in [1.165, 1.54) is 19.3 Å². The van der Waals surface area contributed by atoms with Crippen LogP contribution in [0.4, 0.5) is 10.5 Å². The fraction of sp³-hybridized carbons (Fsp3) is 0.682. The quantitative estimate of drug-likeness (QED) is 0.487. The number of benzene rings is 1. The summed E-state index contributed by atoms with van der Waals surface area (Å²) in [7, 11) is 0. The summed E-state index contributed by atoms with van der Waals surface area (Å²) in [4.78, 5) is 14.8. The highest BCUT2D eigenvalue weighted by Crippen LogP contribution is 2.26. The maximum atomic E-state index is 12.4. The van der Waals surface area contributed by atoms with Crippen molar-refractivity contribution in [3.63, 3.8) is 0 Å². The summed E-state index contributed by atoms with van der Waals surface area (Å²) in [6.45, 7) is 9.19. The van der Waals surface area contributed by atoms with E-state index in [1.54, 1.807) is 0 Å². The van der Waals surface area contributed by atoms with Gasteiger partial charge >= 0.3 is 6.09 Å². The number of carbonyl (C=O) groups is 1. The van der Waals surface area contributed by atoms with Crippen molar-refractivity contribution in [2.24, 2.45) is 0 Å². The molecule has 0 heterocycles. The molecule has 160 valence electrons. The second-order valence-electron chi connectivity index (χ2n) is 7.23. The van der Waals surface area contributed by atoms with Crippen molar-refractivity contribution in [3.05, 3.63) is 24.3 Å². The van der Waals surface area contributed by atoms with Gasteiger partial charge in [0.05, 0.1) is 6.61 Å². The minimum absolute atomic E-state index is 0. The summed E-state index contributed by atoms with van der Waals surface area (Å²) < 4.78 is 11.6. The van der Waals surface area contributed by atoms with E-state index in [1.807, 2.05) is 24.3 Å². The number of unbranched alkanes of at least 4 members (excludes halogenated alkanes) is 2. The largest absolute Gasteiger partial charge is 0.494 e. The molecule has 0 aliphatic heterocycles. The number of nitrogens with one attached hydrogen (secondary N) is 1. The number of nitrogens with zero attached hydrogens (tertiary/aromatic N) is 1. The number of likely N-dealkylation sites (N-methyl/N-ethyl adjacent to an activating group) is 1. The van der Waals surface area contributed by atoms with Crippen molar-refractivity contribution in [2.45, 2.75) is 77.9 Å². The van der Waals surface area contributed by atoms with E-state index in [0.29, 0.717) is 18.3 Å². The first-order chi connectivity index (χ1) is 13.2. The van der Waals surface area contributed by atoms with Crippen LogP contribution < -0.4 is 10.1 Å². The molecule has 1 saturated carbocycles. The Kier molecular flexibility index (Phi) is 12.0. The molecular formula is C22H37ClN2O3. The predicted molar refractivity (Wildman–Crippen MR) is 118 cm³/mol. The molecule has 1 amide bonds. The zero-order valence-corrected chi connectivity index (χ0v) is 18.4. The highest BCUT2D eigenvalue weighted by Gasteiger charge is 2.31. The van der Waals surface area contributed by atoms with Gasteiger partial charge in [0, 0.05) is 17.8 Å². The molecule has 1 fully saturated rings. The van der Waals surface area contributed by atoms with E-state index < -0.39 is 0 Å². The Morgan fingerprint density at radius 1 is 1.14 bits per heavy atom. The van der Waals surface area contributed by atoms with Crippen LogP contribution in [0.1, 0.15) is 65.7 Å². The van der Waals surface area contributed by atoms with Gasteiger partial charge in [-0.3, -0.25) is 10.2 Å². The maximum Gasteiger partial charge on any atom is 0.411 e. The normalized spacial score (nSPS) is 19.0. The SMILES string of the molecule is CCCCCOc1cccc(NC(=O)O[C@H]2CCCC[C@@H]2N(CC)CC)c1.Cl. The molecule has 28 heavy (non-hydrogen) atoms. The Morgan fingerprint density at radius 2 is 1.89 bits per heavy atom. The Hall–Kier alpha value is -1.46. The van der Waals surface area contributed by atoms with Gasteiger partial charge in [0.25, 0.3) is 0 Å². The number of anilines is 1. The third kappa shape index (κ3) is 7.88. The molecule has 0 radical (unpaired) electrons. The number of carbonyl (C=O) groups excluding carboxylic acids is 1. The van der Waals surface area contributed by atoms with Crippen LogP contribution in [0, 0.1) is 0 Å². The van der Waals surface area contributed by atoms with Crippen molar-refractivity contribution in [2.75, 3.05) is 25.0 Å². The van der Waals surface area contributed by atoms with Gasteiger partial charge in [0.15, 0.2) is 0 Å². The molecular weight excluding hydrogens is 376 g/mol. The minimum Gasteiger partial charge on any atom is -0.494 e. The van der Waals surface area contributed by atoms with E-state index in [0.717, 1.165) is 44.5 Å². The average molecular weight is 413 g/mol. The number of hydrogen-bond acceptors (Lipinski definition) is 4. The predicted octanol–water partition coefficient (Wildman–Crippen LogP) is 5.88. The van der Waals surface area contributed by atoms with Crippen LogP contribution in [-0.4, -0.2) is 42.8 Å². The van der Waals surface area contributed by atoms with Crippen molar-refractivity contribution >= 4 is 24.2 Å². The lowest BCUT2D eigenvalue weighted by atomic mass is 9.91. The van der Waals surface area contributed by atoms with E-state index in [4.69, 9.17) is 9.47 Å². The highest BCUT2D eigenvalue weighted by atomic mass is 35.5. The van der Waals surface area contributed by atoms with Crippen LogP contribution in [0.2, 0.25) is 0 Å². The number of halogens is 1. The molecule has 1 N–H and O–H groups in total. The summed E-state index contributed by atoms with van der Waals surface area (Å²) >= 11 is 0. The number of ether oxygens (including phenoxy) is 2.